The second-order valence-corrected chi connectivity index (χ2v) is 8.46. The average Bonchev–Trinajstić information content (AvgIpc) is 3.14. The van der Waals surface area contributed by atoms with Gasteiger partial charge in [-0.3, -0.25) is 9.59 Å². The van der Waals surface area contributed by atoms with Gasteiger partial charge in [-0.2, -0.15) is 0 Å². The van der Waals surface area contributed by atoms with Crippen LogP contribution < -0.4 is 10.6 Å². The summed E-state index contributed by atoms with van der Waals surface area (Å²) in [5.74, 6) is 0.355. The molecule has 0 atom stereocenters. The van der Waals surface area contributed by atoms with Crippen molar-refractivity contribution in [2.45, 2.75) is 27.7 Å². The number of anilines is 2. The van der Waals surface area contributed by atoms with Gasteiger partial charge in [0.2, 0.25) is 5.91 Å². The lowest BCUT2D eigenvalue weighted by Crippen LogP contribution is -2.11. The molecule has 4 rings (SSSR count). The van der Waals surface area contributed by atoms with Crippen LogP contribution in [0.2, 0.25) is 0 Å². The van der Waals surface area contributed by atoms with E-state index in [2.05, 4.69) is 25.6 Å². The molecule has 2 N–H and O–H groups in total. The number of carbonyl (C=O) groups is 2. The van der Waals surface area contributed by atoms with Gasteiger partial charge in [-0.05, 0) is 44.5 Å². The SMILES string of the molecule is CC(=O)Nc1nc2ccc(NC(=O)c3sc4nc(C)nc(C)c4c3C)cc2s1. The fourth-order valence-corrected chi connectivity index (χ4v) is 5.21. The molecule has 7 nitrogen and oxygen atoms in total. The van der Waals surface area contributed by atoms with Crippen molar-refractivity contribution in [1.29, 1.82) is 0 Å². The Kier molecular flexibility index (Phi) is 4.56. The van der Waals surface area contributed by atoms with Gasteiger partial charge >= 0.3 is 0 Å². The highest BCUT2D eigenvalue weighted by Crippen LogP contribution is 2.33. The van der Waals surface area contributed by atoms with E-state index >= 15 is 0 Å². The molecule has 0 aliphatic rings. The van der Waals surface area contributed by atoms with E-state index in [1.807, 2.05) is 32.9 Å². The lowest BCUT2D eigenvalue weighted by atomic mass is 10.1. The lowest BCUT2D eigenvalue weighted by molar-refractivity contribution is -0.114. The number of benzene rings is 1. The minimum absolute atomic E-state index is 0.165. The van der Waals surface area contributed by atoms with Gasteiger partial charge < -0.3 is 10.6 Å². The van der Waals surface area contributed by atoms with Crippen molar-refractivity contribution in [1.82, 2.24) is 15.0 Å². The lowest BCUT2D eigenvalue weighted by Gasteiger charge is -2.04. The summed E-state index contributed by atoms with van der Waals surface area (Å²) in [6, 6.07) is 5.48. The number of amides is 2. The number of aromatic nitrogens is 3. The van der Waals surface area contributed by atoms with Crippen LogP contribution in [0.4, 0.5) is 10.8 Å². The Morgan fingerprint density at radius 1 is 1.00 bits per heavy atom. The van der Waals surface area contributed by atoms with Gasteiger partial charge in [0.15, 0.2) is 5.13 Å². The third-order valence-electron chi connectivity index (χ3n) is 4.22. The van der Waals surface area contributed by atoms with Crippen molar-refractivity contribution in [3.8, 4) is 0 Å². The molecule has 142 valence electrons. The molecule has 0 saturated carbocycles. The highest BCUT2D eigenvalue weighted by molar-refractivity contribution is 7.22. The normalized spacial score (nSPS) is 11.1. The molecular weight excluding hydrogens is 394 g/mol. The van der Waals surface area contributed by atoms with E-state index in [0.29, 0.717) is 21.5 Å². The summed E-state index contributed by atoms with van der Waals surface area (Å²) in [7, 11) is 0. The standard InChI is InChI=1S/C19H17N5O2S2/c1-8-15-9(2)20-10(3)21-18(15)28-16(8)17(26)23-12-5-6-13-14(7-12)27-19(24-13)22-11(4)25/h5-7H,1-4H3,(H,23,26)(H,22,24,25). The Morgan fingerprint density at radius 3 is 2.54 bits per heavy atom. The Labute approximate surface area is 168 Å². The first-order valence-corrected chi connectivity index (χ1v) is 10.2. The molecule has 2 amide bonds. The van der Waals surface area contributed by atoms with E-state index in [1.54, 1.807) is 6.07 Å². The van der Waals surface area contributed by atoms with Crippen molar-refractivity contribution < 1.29 is 9.59 Å². The van der Waals surface area contributed by atoms with E-state index in [4.69, 9.17) is 0 Å². The maximum Gasteiger partial charge on any atom is 0.266 e. The first-order valence-electron chi connectivity index (χ1n) is 8.55. The first kappa shape index (κ1) is 18.5. The zero-order chi connectivity index (χ0) is 20.0. The molecule has 3 aromatic heterocycles. The smallest absolute Gasteiger partial charge is 0.266 e. The van der Waals surface area contributed by atoms with E-state index in [9.17, 15) is 9.59 Å². The molecule has 0 radical (unpaired) electrons. The molecule has 9 heteroatoms. The zero-order valence-corrected chi connectivity index (χ0v) is 17.3. The van der Waals surface area contributed by atoms with Gasteiger partial charge in [0.1, 0.15) is 10.7 Å². The largest absolute Gasteiger partial charge is 0.321 e. The molecule has 1 aromatic carbocycles. The van der Waals surface area contributed by atoms with E-state index < -0.39 is 0 Å². The Bertz CT molecular complexity index is 1260. The van der Waals surface area contributed by atoms with Crippen LogP contribution in [0, 0.1) is 20.8 Å². The van der Waals surface area contributed by atoms with Crippen LogP contribution in [-0.2, 0) is 4.79 Å². The predicted octanol–water partition coefficient (Wildman–Crippen LogP) is 4.44. The molecule has 28 heavy (non-hydrogen) atoms. The second kappa shape index (κ2) is 6.92. The van der Waals surface area contributed by atoms with Gasteiger partial charge in [-0.1, -0.05) is 11.3 Å². The highest BCUT2D eigenvalue weighted by atomic mass is 32.1. The number of nitrogens with zero attached hydrogens (tertiary/aromatic N) is 3. The summed E-state index contributed by atoms with van der Waals surface area (Å²) in [6.07, 6.45) is 0. The minimum Gasteiger partial charge on any atom is -0.321 e. The van der Waals surface area contributed by atoms with Crippen LogP contribution >= 0.6 is 22.7 Å². The van der Waals surface area contributed by atoms with Gasteiger partial charge in [0, 0.05) is 23.7 Å². The van der Waals surface area contributed by atoms with E-state index in [1.165, 1.54) is 29.6 Å². The number of carbonyl (C=O) groups excluding carboxylic acids is 2. The van der Waals surface area contributed by atoms with Crippen molar-refractivity contribution >= 4 is 65.7 Å². The summed E-state index contributed by atoms with van der Waals surface area (Å²) in [4.78, 5) is 38.7. The van der Waals surface area contributed by atoms with Crippen molar-refractivity contribution in [3.05, 3.63) is 40.2 Å². The Balaban J connectivity index is 1.64. The average molecular weight is 412 g/mol. The van der Waals surface area contributed by atoms with Gasteiger partial charge in [-0.25, -0.2) is 15.0 Å². The number of aryl methyl sites for hydroxylation is 3. The summed E-state index contributed by atoms with van der Waals surface area (Å²) >= 11 is 2.74. The maximum atomic E-state index is 12.9. The molecule has 0 fully saturated rings. The number of nitrogens with one attached hydrogen (secondary N) is 2. The maximum absolute atomic E-state index is 12.9. The van der Waals surface area contributed by atoms with Crippen LogP contribution in [-0.4, -0.2) is 26.8 Å². The number of thiophene rings is 1. The van der Waals surface area contributed by atoms with Crippen LogP contribution in [0.3, 0.4) is 0 Å². The summed E-state index contributed by atoms with van der Waals surface area (Å²) in [6.45, 7) is 7.15. The molecule has 4 aromatic rings. The zero-order valence-electron chi connectivity index (χ0n) is 15.7. The Hall–Kier alpha value is -2.91. The highest BCUT2D eigenvalue weighted by Gasteiger charge is 2.19. The molecule has 3 heterocycles. The van der Waals surface area contributed by atoms with Gasteiger partial charge in [0.25, 0.3) is 5.91 Å². The van der Waals surface area contributed by atoms with Crippen molar-refractivity contribution in [2.24, 2.45) is 0 Å². The number of hydrogen-bond acceptors (Lipinski definition) is 7. The van der Waals surface area contributed by atoms with Crippen LogP contribution in [0.25, 0.3) is 20.4 Å². The van der Waals surface area contributed by atoms with Crippen molar-refractivity contribution in [3.63, 3.8) is 0 Å². The summed E-state index contributed by atoms with van der Waals surface area (Å²) in [5, 5.41) is 7.11. The third kappa shape index (κ3) is 3.34. The molecular formula is C19H17N5O2S2. The fourth-order valence-electron chi connectivity index (χ4n) is 3.08. The first-order chi connectivity index (χ1) is 13.3. The predicted molar refractivity (Wildman–Crippen MR) is 114 cm³/mol. The van der Waals surface area contributed by atoms with Gasteiger partial charge in [-0.15, -0.1) is 11.3 Å². The summed E-state index contributed by atoms with van der Waals surface area (Å²) < 4.78 is 0.881. The van der Waals surface area contributed by atoms with Crippen LogP contribution in [0.5, 0.6) is 0 Å². The number of hydrogen-bond donors (Lipinski definition) is 2. The molecule has 0 unspecified atom stereocenters. The second-order valence-electron chi connectivity index (χ2n) is 6.43. The number of thiazole rings is 1. The molecule has 0 saturated heterocycles. The molecule has 0 spiro atoms. The third-order valence-corrected chi connectivity index (χ3v) is 6.34. The van der Waals surface area contributed by atoms with E-state index in [-0.39, 0.29) is 11.8 Å². The molecule has 0 aliphatic heterocycles. The monoisotopic (exact) mass is 411 g/mol. The quantitative estimate of drug-likeness (QED) is 0.520. The Morgan fingerprint density at radius 2 is 1.79 bits per heavy atom. The van der Waals surface area contributed by atoms with Gasteiger partial charge in [0.05, 0.1) is 15.1 Å². The summed E-state index contributed by atoms with van der Waals surface area (Å²) in [5.41, 5.74) is 3.21. The van der Waals surface area contributed by atoms with E-state index in [0.717, 1.165) is 31.7 Å². The number of fused-ring (bicyclic) bond motifs is 2. The fraction of sp³-hybridized carbons (Fsp3) is 0.211. The molecule has 0 bridgehead atoms. The van der Waals surface area contributed by atoms with Crippen molar-refractivity contribution in [2.75, 3.05) is 10.6 Å². The number of rotatable bonds is 3. The van der Waals surface area contributed by atoms with Crippen LogP contribution in [0.15, 0.2) is 18.2 Å². The molecule has 0 aliphatic carbocycles. The minimum atomic E-state index is -0.177. The topological polar surface area (TPSA) is 96.9 Å². The van der Waals surface area contributed by atoms with Crippen LogP contribution in [0.1, 0.15) is 33.7 Å².